The number of hydrogen-bond donors (Lipinski definition) is 1. The molecule has 1 saturated carbocycles. The Morgan fingerprint density at radius 2 is 1.61 bits per heavy atom. The van der Waals surface area contributed by atoms with Crippen LogP contribution in [-0.4, -0.2) is 35.3 Å². The molecule has 2 fully saturated rings. The standard InChI is InChI=1S/C19H34N2O2/c1-13(2)16-11-8-12-21(16)19(23)17(20-18(22)14(3)4)15-9-6-5-7-10-15/h13-17H,5-12H2,1-4H3,(H,20,22). The summed E-state index contributed by atoms with van der Waals surface area (Å²) in [6.07, 6.45) is 7.93. The van der Waals surface area contributed by atoms with Gasteiger partial charge in [0, 0.05) is 18.5 Å². The maximum atomic E-state index is 13.2. The molecule has 2 atom stereocenters. The SMILES string of the molecule is CC(C)C(=O)NC(C(=O)N1CCCC1C(C)C)C1CCCCC1. The molecule has 0 bridgehead atoms. The van der Waals surface area contributed by atoms with Crippen LogP contribution < -0.4 is 5.32 Å². The Morgan fingerprint density at radius 3 is 2.17 bits per heavy atom. The van der Waals surface area contributed by atoms with E-state index in [-0.39, 0.29) is 23.8 Å². The molecular formula is C19H34N2O2. The Morgan fingerprint density at radius 1 is 0.957 bits per heavy atom. The van der Waals surface area contributed by atoms with E-state index >= 15 is 0 Å². The van der Waals surface area contributed by atoms with Crippen LogP contribution in [0.4, 0.5) is 0 Å². The molecule has 0 aromatic heterocycles. The van der Waals surface area contributed by atoms with E-state index in [1.807, 2.05) is 13.8 Å². The van der Waals surface area contributed by atoms with E-state index < -0.39 is 0 Å². The summed E-state index contributed by atoms with van der Waals surface area (Å²) in [6.45, 7) is 9.02. The fourth-order valence-corrected chi connectivity index (χ4v) is 4.11. The second kappa shape index (κ2) is 8.16. The highest BCUT2D eigenvalue weighted by molar-refractivity contribution is 5.89. The van der Waals surface area contributed by atoms with Crippen LogP contribution in [0.25, 0.3) is 0 Å². The molecule has 1 aliphatic heterocycles. The Labute approximate surface area is 141 Å². The number of nitrogens with one attached hydrogen (secondary N) is 1. The Kier molecular flexibility index (Phi) is 6.49. The van der Waals surface area contributed by atoms with Gasteiger partial charge in [-0.1, -0.05) is 47.0 Å². The highest BCUT2D eigenvalue weighted by atomic mass is 16.2. The van der Waals surface area contributed by atoms with Crippen LogP contribution in [0.2, 0.25) is 0 Å². The van der Waals surface area contributed by atoms with Crippen molar-refractivity contribution in [1.82, 2.24) is 10.2 Å². The zero-order valence-electron chi connectivity index (χ0n) is 15.3. The van der Waals surface area contributed by atoms with E-state index in [0.29, 0.717) is 17.9 Å². The fourth-order valence-electron chi connectivity index (χ4n) is 4.11. The second-order valence-corrected chi connectivity index (χ2v) is 8.02. The predicted octanol–water partition coefficient (Wildman–Crippen LogP) is 3.35. The van der Waals surface area contributed by atoms with Gasteiger partial charge in [0.05, 0.1) is 0 Å². The molecule has 0 aromatic carbocycles. The van der Waals surface area contributed by atoms with Crippen molar-refractivity contribution in [3.63, 3.8) is 0 Å². The van der Waals surface area contributed by atoms with Crippen molar-refractivity contribution in [1.29, 1.82) is 0 Å². The van der Waals surface area contributed by atoms with Crippen molar-refractivity contribution in [2.24, 2.45) is 17.8 Å². The van der Waals surface area contributed by atoms with Gasteiger partial charge in [-0.25, -0.2) is 0 Å². The third kappa shape index (κ3) is 4.48. The van der Waals surface area contributed by atoms with Crippen molar-refractivity contribution in [2.75, 3.05) is 6.54 Å². The summed E-state index contributed by atoms with van der Waals surface area (Å²) in [5.41, 5.74) is 0. The molecule has 4 nitrogen and oxygen atoms in total. The first-order valence-electron chi connectivity index (χ1n) is 9.52. The molecule has 1 aliphatic carbocycles. The molecule has 132 valence electrons. The van der Waals surface area contributed by atoms with E-state index in [1.165, 1.54) is 19.3 Å². The number of carbonyl (C=O) groups is 2. The first-order chi connectivity index (χ1) is 10.9. The zero-order chi connectivity index (χ0) is 17.0. The Bertz CT molecular complexity index is 414. The number of likely N-dealkylation sites (tertiary alicyclic amines) is 1. The lowest BCUT2D eigenvalue weighted by Crippen LogP contribution is -2.55. The first-order valence-corrected chi connectivity index (χ1v) is 9.52. The molecule has 2 amide bonds. The minimum atomic E-state index is -0.315. The molecule has 0 radical (unpaired) electrons. The lowest BCUT2D eigenvalue weighted by Gasteiger charge is -2.36. The highest BCUT2D eigenvalue weighted by Crippen LogP contribution is 2.30. The van der Waals surface area contributed by atoms with Gasteiger partial charge in [0.15, 0.2) is 0 Å². The van der Waals surface area contributed by atoms with Crippen molar-refractivity contribution in [2.45, 2.75) is 84.7 Å². The van der Waals surface area contributed by atoms with Crippen LogP contribution >= 0.6 is 0 Å². The summed E-state index contributed by atoms with van der Waals surface area (Å²) in [4.78, 5) is 27.5. The Balaban J connectivity index is 2.14. The summed E-state index contributed by atoms with van der Waals surface area (Å²) < 4.78 is 0. The van der Waals surface area contributed by atoms with Crippen molar-refractivity contribution < 1.29 is 9.59 Å². The maximum absolute atomic E-state index is 13.2. The summed E-state index contributed by atoms with van der Waals surface area (Å²) in [5.74, 6) is 0.895. The third-order valence-corrected chi connectivity index (χ3v) is 5.56. The van der Waals surface area contributed by atoms with Gasteiger partial charge in [-0.05, 0) is 37.5 Å². The lowest BCUT2D eigenvalue weighted by molar-refractivity contribution is -0.140. The van der Waals surface area contributed by atoms with Gasteiger partial charge in [-0.2, -0.15) is 0 Å². The molecule has 0 spiro atoms. The third-order valence-electron chi connectivity index (χ3n) is 5.56. The number of amides is 2. The van der Waals surface area contributed by atoms with E-state index in [4.69, 9.17) is 0 Å². The van der Waals surface area contributed by atoms with E-state index in [0.717, 1.165) is 32.2 Å². The molecule has 2 aliphatic rings. The predicted molar refractivity (Wildman–Crippen MR) is 92.9 cm³/mol. The van der Waals surface area contributed by atoms with Gasteiger partial charge >= 0.3 is 0 Å². The number of carbonyl (C=O) groups excluding carboxylic acids is 2. The average molecular weight is 322 g/mol. The number of hydrogen-bond acceptors (Lipinski definition) is 2. The molecule has 1 heterocycles. The van der Waals surface area contributed by atoms with Gasteiger partial charge < -0.3 is 10.2 Å². The largest absolute Gasteiger partial charge is 0.344 e. The Hall–Kier alpha value is -1.06. The van der Waals surface area contributed by atoms with E-state index in [2.05, 4.69) is 24.1 Å². The van der Waals surface area contributed by atoms with Gasteiger partial charge in [-0.3, -0.25) is 9.59 Å². The van der Waals surface area contributed by atoms with Gasteiger partial charge in [0.1, 0.15) is 6.04 Å². The van der Waals surface area contributed by atoms with Crippen LogP contribution in [0.3, 0.4) is 0 Å². The van der Waals surface area contributed by atoms with Gasteiger partial charge in [-0.15, -0.1) is 0 Å². The van der Waals surface area contributed by atoms with Crippen LogP contribution in [-0.2, 0) is 9.59 Å². The van der Waals surface area contributed by atoms with Crippen LogP contribution in [0.1, 0.15) is 72.6 Å². The summed E-state index contributed by atoms with van der Waals surface area (Å²) in [6, 6.07) is 0.0223. The van der Waals surface area contributed by atoms with Crippen molar-refractivity contribution in [3.8, 4) is 0 Å². The van der Waals surface area contributed by atoms with Crippen molar-refractivity contribution >= 4 is 11.8 Å². The number of nitrogens with zero attached hydrogens (tertiary/aromatic N) is 1. The van der Waals surface area contributed by atoms with Crippen LogP contribution in [0.5, 0.6) is 0 Å². The average Bonchev–Trinajstić information content (AvgIpc) is 3.02. The molecular weight excluding hydrogens is 288 g/mol. The molecule has 1 N–H and O–H groups in total. The van der Waals surface area contributed by atoms with Gasteiger partial charge in [0.25, 0.3) is 0 Å². The minimum Gasteiger partial charge on any atom is -0.344 e. The van der Waals surface area contributed by atoms with Crippen LogP contribution in [0.15, 0.2) is 0 Å². The molecule has 2 rings (SSSR count). The monoisotopic (exact) mass is 322 g/mol. The second-order valence-electron chi connectivity index (χ2n) is 8.02. The minimum absolute atomic E-state index is 0.00853. The molecule has 1 saturated heterocycles. The van der Waals surface area contributed by atoms with Crippen LogP contribution in [0, 0.1) is 17.8 Å². The zero-order valence-corrected chi connectivity index (χ0v) is 15.3. The number of rotatable bonds is 5. The topological polar surface area (TPSA) is 49.4 Å². The van der Waals surface area contributed by atoms with E-state index in [1.54, 1.807) is 0 Å². The quantitative estimate of drug-likeness (QED) is 0.844. The molecule has 23 heavy (non-hydrogen) atoms. The summed E-state index contributed by atoms with van der Waals surface area (Å²) in [7, 11) is 0. The molecule has 4 heteroatoms. The normalized spacial score (nSPS) is 24.3. The van der Waals surface area contributed by atoms with Gasteiger partial charge in [0.2, 0.25) is 11.8 Å². The first kappa shape index (κ1) is 18.3. The van der Waals surface area contributed by atoms with E-state index in [9.17, 15) is 9.59 Å². The fraction of sp³-hybridized carbons (Fsp3) is 0.895. The molecule has 0 aromatic rings. The maximum Gasteiger partial charge on any atom is 0.245 e. The summed E-state index contributed by atoms with van der Waals surface area (Å²) in [5, 5.41) is 3.09. The lowest BCUT2D eigenvalue weighted by atomic mass is 9.83. The smallest absolute Gasteiger partial charge is 0.245 e. The van der Waals surface area contributed by atoms with Crippen molar-refractivity contribution in [3.05, 3.63) is 0 Å². The molecule has 2 unspecified atom stereocenters. The highest BCUT2D eigenvalue weighted by Gasteiger charge is 2.39. The summed E-state index contributed by atoms with van der Waals surface area (Å²) >= 11 is 0.